The van der Waals surface area contributed by atoms with E-state index in [4.69, 9.17) is 23.0 Å². The first-order valence-corrected chi connectivity index (χ1v) is 15.9. The van der Waals surface area contributed by atoms with Gasteiger partial charge in [0.15, 0.2) is 0 Å². The molecule has 9 nitrogen and oxygen atoms in total. The zero-order valence-electron chi connectivity index (χ0n) is 26.4. The van der Waals surface area contributed by atoms with Crippen LogP contribution in [0.1, 0.15) is 34.5 Å². The molecule has 3 aromatic carbocycles. The van der Waals surface area contributed by atoms with Crippen LogP contribution in [0, 0.1) is 12.3 Å². The number of nitrogens with zero attached hydrogens (tertiary/aromatic N) is 6. The highest BCUT2D eigenvalue weighted by molar-refractivity contribution is 6.32. The lowest BCUT2D eigenvalue weighted by atomic mass is 10.0. The van der Waals surface area contributed by atoms with Gasteiger partial charge in [-0.15, -0.1) is 6.42 Å². The number of halogens is 1. The summed E-state index contributed by atoms with van der Waals surface area (Å²) in [5.41, 5.74) is 4.65. The number of rotatable bonds is 9. The van der Waals surface area contributed by atoms with Crippen LogP contribution < -0.4 is 25.6 Å². The van der Waals surface area contributed by atoms with Crippen molar-refractivity contribution in [1.29, 1.82) is 0 Å². The number of hydrogen-bond donors (Lipinski definition) is 1. The Labute approximate surface area is 279 Å². The van der Waals surface area contributed by atoms with Gasteiger partial charge in [-0.2, -0.15) is 0 Å². The van der Waals surface area contributed by atoms with Gasteiger partial charge in [0.1, 0.15) is 0 Å². The lowest BCUT2D eigenvalue weighted by Gasteiger charge is -2.37. The number of terminal acetylenes is 1. The first-order chi connectivity index (χ1) is 22.8. The fourth-order valence-corrected chi connectivity index (χ4v) is 6.33. The highest BCUT2D eigenvalue weighted by atomic mass is 35.5. The molecule has 3 heterocycles. The van der Waals surface area contributed by atoms with Crippen LogP contribution in [-0.4, -0.2) is 53.2 Å². The smallest absolute Gasteiger partial charge is 0.262 e. The number of fused-ring (bicyclic) bond motifs is 1. The molecule has 1 unspecified atom stereocenters. The molecule has 5 aromatic rings. The molecule has 47 heavy (non-hydrogen) atoms. The fraction of sp³-hybridized carbons (Fsp3) is 0.243. The van der Waals surface area contributed by atoms with E-state index < -0.39 is 0 Å². The molecule has 1 saturated heterocycles. The predicted molar refractivity (Wildman–Crippen MR) is 189 cm³/mol. The Morgan fingerprint density at radius 2 is 1.74 bits per heavy atom. The number of pyridine rings is 1. The highest BCUT2D eigenvalue weighted by Gasteiger charge is 2.24. The lowest BCUT2D eigenvalue weighted by Crippen LogP contribution is -2.48. The minimum absolute atomic E-state index is 0.134. The third-order valence-corrected chi connectivity index (χ3v) is 9.00. The molecule has 1 atom stereocenters. The van der Waals surface area contributed by atoms with Crippen LogP contribution in [0.2, 0.25) is 5.02 Å². The Morgan fingerprint density at radius 1 is 1.02 bits per heavy atom. The summed E-state index contributed by atoms with van der Waals surface area (Å²) in [4.78, 5) is 42.0. The quantitative estimate of drug-likeness (QED) is 0.214. The topological polar surface area (TPSA) is 86.6 Å². The van der Waals surface area contributed by atoms with Crippen LogP contribution in [-0.2, 0) is 13.6 Å². The molecule has 6 rings (SSSR count). The average Bonchev–Trinajstić information content (AvgIpc) is 3.11. The second kappa shape index (κ2) is 14.0. The summed E-state index contributed by atoms with van der Waals surface area (Å²) in [6.07, 6.45) is 9.21. The first kappa shape index (κ1) is 31.6. The van der Waals surface area contributed by atoms with Crippen molar-refractivity contribution in [1.82, 2.24) is 19.9 Å². The van der Waals surface area contributed by atoms with E-state index in [0.29, 0.717) is 40.5 Å². The number of anilines is 3. The molecule has 10 heteroatoms. The van der Waals surface area contributed by atoms with E-state index in [1.807, 2.05) is 60.4 Å². The molecular weight excluding hydrogens is 610 g/mol. The van der Waals surface area contributed by atoms with Gasteiger partial charge in [0.25, 0.3) is 11.5 Å². The zero-order chi connectivity index (χ0) is 32.9. The summed E-state index contributed by atoms with van der Waals surface area (Å²) in [7, 11) is 1.77. The van der Waals surface area contributed by atoms with Crippen LogP contribution >= 0.6 is 11.6 Å². The Bertz CT molecular complexity index is 1970. The fourth-order valence-electron chi connectivity index (χ4n) is 6.01. The number of amides is 1. The molecule has 1 fully saturated rings. The van der Waals surface area contributed by atoms with Gasteiger partial charge in [-0.25, -0.2) is 4.98 Å². The van der Waals surface area contributed by atoms with Crippen molar-refractivity contribution in [3.63, 3.8) is 0 Å². The average molecular weight is 646 g/mol. The maximum atomic E-state index is 13.7. The van der Waals surface area contributed by atoms with E-state index in [0.717, 1.165) is 43.0 Å². The minimum Gasteiger partial charge on any atom is -0.368 e. The Kier molecular flexibility index (Phi) is 9.41. The second-order valence-corrected chi connectivity index (χ2v) is 12.0. The molecule has 238 valence electrons. The van der Waals surface area contributed by atoms with E-state index in [-0.39, 0.29) is 17.5 Å². The number of carbonyl (C=O) groups excluding carboxylic acids is 1. The Morgan fingerprint density at radius 3 is 2.43 bits per heavy atom. The largest absolute Gasteiger partial charge is 0.368 e. The number of aromatic nitrogens is 3. The molecule has 0 saturated carbocycles. The van der Waals surface area contributed by atoms with Crippen LogP contribution in [0.4, 0.5) is 17.3 Å². The van der Waals surface area contributed by atoms with Gasteiger partial charge >= 0.3 is 0 Å². The molecule has 1 N–H and O–H groups in total. The molecule has 1 amide bonds. The molecule has 0 spiro atoms. The van der Waals surface area contributed by atoms with E-state index in [2.05, 4.69) is 38.2 Å². The summed E-state index contributed by atoms with van der Waals surface area (Å²) in [6, 6.07) is 24.7. The van der Waals surface area contributed by atoms with E-state index in [9.17, 15) is 9.59 Å². The summed E-state index contributed by atoms with van der Waals surface area (Å²) in [5, 5.41) is 3.91. The minimum atomic E-state index is -0.274. The van der Waals surface area contributed by atoms with E-state index >= 15 is 0 Å². The van der Waals surface area contributed by atoms with Crippen molar-refractivity contribution in [2.75, 3.05) is 47.4 Å². The molecule has 0 bridgehead atoms. The number of carbonyl (C=O) groups is 1. The predicted octanol–water partition coefficient (Wildman–Crippen LogP) is 5.44. The van der Waals surface area contributed by atoms with Gasteiger partial charge in [-0.3, -0.25) is 19.1 Å². The van der Waals surface area contributed by atoms with Crippen LogP contribution in [0.25, 0.3) is 10.9 Å². The summed E-state index contributed by atoms with van der Waals surface area (Å²) in [5.74, 6) is 3.18. The molecule has 0 aliphatic carbocycles. The van der Waals surface area contributed by atoms with Crippen molar-refractivity contribution in [2.24, 2.45) is 7.05 Å². The van der Waals surface area contributed by atoms with Crippen molar-refractivity contribution in [3.8, 4) is 12.3 Å². The summed E-state index contributed by atoms with van der Waals surface area (Å²) >= 11 is 6.89. The monoisotopic (exact) mass is 645 g/mol. The molecule has 1 aliphatic heterocycles. The number of hydrogen-bond acceptors (Lipinski definition) is 7. The third-order valence-electron chi connectivity index (χ3n) is 8.67. The number of nitrogens with one attached hydrogen (secondary N) is 1. The maximum absolute atomic E-state index is 13.7. The van der Waals surface area contributed by atoms with Gasteiger partial charge in [-0.1, -0.05) is 41.8 Å². The van der Waals surface area contributed by atoms with Crippen molar-refractivity contribution in [2.45, 2.75) is 19.5 Å². The highest BCUT2D eigenvalue weighted by Crippen LogP contribution is 2.34. The lowest BCUT2D eigenvalue weighted by molar-refractivity contribution is 0.0951. The van der Waals surface area contributed by atoms with Crippen molar-refractivity contribution < 1.29 is 4.79 Å². The van der Waals surface area contributed by atoms with Gasteiger partial charge in [0.05, 0.1) is 23.5 Å². The molecule has 2 aromatic heterocycles. The van der Waals surface area contributed by atoms with Crippen LogP contribution in [0.5, 0.6) is 0 Å². The Hall–Kier alpha value is -5.33. The maximum Gasteiger partial charge on any atom is 0.262 e. The Balaban J connectivity index is 1.21. The molecule has 1 aliphatic rings. The van der Waals surface area contributed by atoms with Gasteiger partial charge in [0, 0.05) is 74.1 Å². The molecule has 0 radical (unpaired) electrons. The normalized spacial score (nSPS) is 13.7. The van der Waals surface area contributed by atoms with Gasteiger partial charge in [0.2, 0.25) is 5.95 Å². The summed E-state index contributed by atoms with van der Waals surface area (Å²) in [6.45, 7) is 5.83. The standard InChI is InChI=1S/C37H36ClN7O2/c1-4-17-45(30-14-12-28(13-15-30)35(46)40-25-27-9-8-16-39-24-27)26(2)31-22-32-34(23-33(31)38)41-37(42(3)36(32)47)44-20-18-43(19-21-44)29-10-6-5-7-11-29/h1,5-16,22-24,26H,17-21,25H2,2-3H3,(H,40,46). The van der Waals surface area contributed by atoms with Gasteiger partial charge in [-0.05, 0) is 72.6 Å². The number of para-hydroxylation sites is 1. The zero-order valence-corrected chi connectivity index (χ0v) is 27.2. The third kappa shape index (κ3) is 6.79. The van der Waals surface area contributed by atoms with Crippen LogP contribution in [0.3, 0.4) is 0 Å². The van der Waals surface area contributed by atoms with Gasteiger partial charge < -0.3 is 20.0 Å². The number of benzene rings is 3. The van der Waals surface area contributed by atoms with Crippen molar-refractivity contribution >= 4 is 45.7 Å². The van der Waals surface area contributed by atoms with E-state index in [1.165, 1.54) is 5.69 Å². The SMILES string of the molecule is C#CCN(c1ccc(C(=O)NCc2cccnc2)cc1)C(C)c1cc2c(=O)n(C)c(N3CCN(c4ccccc4)CC3)nc2cc1Cl. The van der Waals surface area contributed by atoms with Crippen LogP contribution in [0.15, 0.2) is 96.1 Å². The summed E-state index contributed by atoms with van der Waals surface area (Å²) < 4.78 is 1.63. The first-order valence-electron chi connectivity index (χ1n) is 15.6. The second-order valence-electron chi connectivity index (χ2n) is 11.6. The van der Waals surface area contributed by atoms with E-state index in [1.54, 1.807) is 42.2 Å². The molecular formula is C37H36ClN7O2. The number of piperazine rings is 1. The van der Waals surface area contributed by atoms with Crippen molar-refractivity contribution in [3.05, 3.63) is 123 Å².